The van der Waals surface area contributed by atoms with Crippen LogP contribution in [0.15, 0.2) is 42.5 Å². The average Bonchev–Trinajstić information content (AvgIpc) is 2.80. The number of carbonyl (C=O) groups is 2. The van der Waals surface area contributed by atoms with Gasteiger partial charge in [0.25, 0.3) is 0 Å². The van der Waals surface area contributed by atoms with Gasteiger partial charge in [-0.1, -0.05) is 30.3 Å². The molecule has 2 aromatic rings. The van der Waals surface area contributed by atoms with Crippen LogP contribution in [0.4, 0.5) is 13.6 Å². The minimum atomic E-state index is -1.13. The first-order valence-corrected chi connectivity index (χ1v) is 11.6. The van der Waals surface area contributed by atoms with Crippen molar-refractivity contribution in [1.82, 2.24) is 5.32 Å². The van der Waals surface area contributed by atoms with E-state index in [1.165, 1.54) is 6.07 Å². The van der Waals surface area contributed by atoms with E-state index < -0.39 is 34.8 Å². The molecule has 2 aromatic carbocycles. The van der Waals surface area contributed by atoms with Crippen molar-refractivity contribution in [3.8, 4) is 17.2 Å². The minimum absolute atomic E-state index is 0.0305. The minimum Gasteiger partial charge on any atom is -0.444 e. The van der Waals surface area contributed by atoms with Gasteiger partial charge >= 0.3 is 6.09 Å². The van der Waals surface area contributed by atoms with Crippen LogP contribution in [0.1, 0.15) is 45.6 Å². The number of halogens is 2. The molecule has 1 saturated heterocycles. The summed E-state index contributed by atoms with van der Waals surface area (Å²) < 4.78 is 37.5. The molecule has 35 heavy (non-hydrogen) atoms. The number of nitrogens with zero attached hydrogens (tertiary/aromatic N) is 1. The van der Waals surface area contributed by atoms with Gasteiger partial charge in [0.15, 0.2) is 17.4 Å². The van der Waals surface area contributed by atoms with E-state index in [4.69, 9.17) is 9.47 Å². The monoisotopic (exact) mass is 484 g/mol. The van der Waals surface area contributed by atoms with Gasteiger partial charge in [-0.05, 0) is 56.0 Å². The largest absolute Gasteiger partial charge is 0.444 e. The smallest absolute Gasteiger partial charge is 0.408 e. The molecule has 0 spiro atoms. The molecule has 0 aliphatic carbocycles. The van der Waals surface area contributed by atoms with Crippen LogP contribution in [0.25, 0.3) is 11.1 Å². The predicted octanol–water partition coefficient (Wildman–Crippen LogP) is 5.35. The number of nitrogens with one attached hydrogen (secondary N) is 1. The molecule has 1 aliphatic heterocycles. The Labute approximate surface area is 204 Å². The quantitative estimate of drug-likeness (QED) is 0.573. The highest BCUT2D eigenvalue weighted by molar-refractivity contribution is 5.92. The van der Waals surface area contributed by atoms with E-state index in [1.807, 2.05) is 0 Å². The second kappa shape index (κ2) is 11.0. The molecule has 0 aromatic heterocycles. The number of carbonyl (C=O) groups excluding carboxylic acids is 2. The zero-order chi connectivity index (χ0) is 25.6. The highest BCUT2D eigenvalue weighted by atomic mass is 19.2. The van der Waals surface area contributed by atoms with Crippen molar-refractivity contribution in [3.63, 3.8) is 0 Å². The van der Waals surface area contributed by atoms with Gasteiger partial charge < -0.3 is 14.8 Å². The number of hydrogen-bond donors (Lipinski definition) is 1. The lowest BCUT2D eigenvalue weighted by molar-refractivity contribution is -0.130. The van der Waals surface area contributed by atoms with Crippen LogP contribution in [0.5, 0.6) is 0 Å². The summed E-state index contributed by atoms with van der Waals surface area (Å²) in [5.74, 6) is -2.65. The molecule has 0 bridgehead atoms. The number of ketones is 1. The average molecular weight is 485 g/mol. The van der Waals surface area contributed by atoms with Gasteiger partial charge in [0, 0.05) is 32.5 Å². The molecule has 0 saturated carbocycles. The zero-order valence-electron chi connectivity index (χ0n) is 20.2. The third-order valence-corrected chi connectivity index (χ3v) is 5.92. The molecule has 0 radical (unpaired) electrons. The molecule has 6 nitrogen and oxygen atoms in total. The van der Waals surface area contributed by atoms with Gasteiger partial charge in [-0.3, -0.25) is 4.79 Å². The summed E-state index contributed by atoms with van der Waals surface area (Å²) in [6.07, 6.45) is 0.253. The summed E-state index contributed by atoms with van der Waals surface area (Å²) in [5, 5.41) is 12.5. The number of benzene rings is 2. The summed E-state index contributed by atoms with van der Waals surface area (Å²) in [7, 11) is 0. The van der Waals surface area contributed by atoms with Gasteiger partial charge in [-0.25, -0.2) is 13.6 Å². The molecule has 1 atom stereocenters. The van der Waals surface area contributed by atoms with Crippen molar-refractivity contribution in [1.29, 1.82) is 5.26 Å². The predicted molar refractivity (Wildman–Crippen MR) is 126 cm³/mol. The topological polar surface area (TPSA) is 88.4 Å². The molecular weight excluding hydrogens is 454 g/mol. The highest BCUT2D eigenvalue weighted by Gasteiger charge is 2.42. The van der Waals surface area contributed by atoms with E-state index in [-0.39, 0.29) is 12.2 Å². The standard InChI is InChI=1S/C27H30F2N2O4/c1-26(2,3)35-25(33)31-27(10-12-34-13-11-27)24(32)15-19(17-30)14-18-4-6-20(7-5-18)21-8-9-22(28)23(29)16-21/h4-9,16,19H,10-15H2,1-3H3,(H,31,33)/t19-/m1/s1. The van der Waals surface area contributed by atoms with Crippen LogP contribution in [-0.4, -0.2) is 36.2 Å². The van der Waals surface area contributed by atoms with E-state index in [0.29, 0.717) is 43.6 Å². The van der Waals surface area contributed by atoms with Gasteiger partial charge in [-0.2, -0.15) is 5.26 Å². The van der Waals surface area contributed by atoms with E-state index in [1.54, 1.807) is 45.0 Å². The van der Waals surface area contributed by atoms with Gasteiger partial charge in [0.1, 0.15) is 11.1 Å². The first-order chi connectivity index (χ1) is 16.5. The van der Waals surface area contributed by atoms with Crippen molar-refractivity contribution in [2.45, 2.75) is 57.6 Å². The molecular formula is C27H30F2N2O4. The summed E-state index contributed by atoms with van der Waals surface area (Å²) in [5.41, 5.74) is 0.237. The fourth-order valence-corrected chi connectivity index (χ4v) is 4.07. The Hall–Kier alpha value is -3.31. The van der Waals surface area contributed by atoms with Gasteiger partial charge in [0.2, 0.25) is 0 Å². The van der Waals surface area contributed by atoms with Crippen molar-refractivity contribution >= 4 is 11.9 Å². The molecule has 3 rings (SSSR count). The van der Waals surface area contributed by atoms with Crippen molar-refractivity contribution in [2.24, 2.45) is 5.92 Å². The number of rotatable bonds is 7. The summed E-state index contributed by atoms with van der Waals surface area (Å²) >= 11 is 0. The molecule has 1 N–H and O–H groups in total. The Morgan fingerprint density at radius 3 is 2.29 bits per heavy atom. The van der Waals surface area contributed by atoms with Crippen molar-refractivity contribution in [3.05, 3.63) is 59.7 Å². The van der Waals surface area contributed by atoms with Gasteiger partial charge in [-0.15, -0.1) is 0 Å². The normalized spacial score (nSPS) is 16.1. The van der Waals surface area contributed by atoms with Gasteiger partial charge in [0.05, 0.1) is 12.0 Å². The fraction of sp³-hybridized carbons (Fsp3) is 0.444. The Morgan fingerprint density at radius 1 is 1.09 bits per heavy atom. The Bertz CT molecular complexity index is 1100. The number of alkyl carbamates (subject to hydrolysis) is 1. The Balaban J connectivity index is 1.69. The summed E-state index contributed by atoms with van der Waals surface area (Å²) in [4.78, 5) is 25.8. The van der Waals surface area contributed by atoms with E-state index >= 15 is 0 Å². The highest BCUT2D eigenvalue weighted by Crippen LogP contribution is 2.28. The third kappa shape index (κ3) is 7.09. The SMILES string of the molecule is CC(C)(C)OC(=O)NC1(C(=O)C[C@H](C#N)Cc2ccc(-c3ccc(F)c(F)c3)cc2)CCOCC1. The molecule has 1 amide bonds. The first kappa shape index (κ1) is 26.3. The maximum atomic E-state index is 13.5. The van der Waals surface area contributed by atoms with E-state index in [2.05, 4.69) is 11.4 Å². The number of ether oxygens (including phenoxy) is 2. The maximum Gasteiger partial charge on any atom is 0.408 e. The molecule has 0 unspecified atom stereocenters. The third-order valence-electron chi connectivity index (χ3n) is 5.92. The number of nitriles is 1. The second-order valence-electron chi connectivity index (χ2n) is 9.80. The van der Waals surface area contributed by atoms with Crippen LogP contribution in [0.3, 0.4) is 0 Å². The lowest BCUT2D eigenvalue weighted by atomic mass is 9.80. The summed E-state index contributed by atoms with van der Waals surface area (Å²) in [6, 6.07) is 13.0. The Morgan fingerprint density at radius 2 is 1.71 bits per heavy atom. The van der Waals surface area contributed by atoms with Crippen molar-refractivity contribution < 1.29 is 27.8 Å². The summed E-state index contributed by atoms with van der Waals surface area (Å²) in [6.45, 7) is 5.88. The Kier molecular flexibility index (Phi) is 8.23. The lowest BCUT2D eigenvalue weighted by Crippen LogP contribution is -2.58. The van der Waals surface area contributed by atoms with Crippen LogP contribution in [0.2, 0.25) is 0 Å². The number of Topliss-reactive ketones (excluding diaryl/α,β-unsaturated/α-hetero) is 1. The van der Waals surface area contributed by atoms with E-state index in [9.17, 15) is 23.6 Å². The molecule has 1 heterocycles. The van der Waals surface area contributed by atoms with Crippen LogP contribution in [-0.2, 0) is 20.7 Å². The molecule has 1 aliphatic rings. The van der Waals surface area contributed by atoms with Crippen LogP contribution >= 0.6 is 0 Å². The first-order valence-electron chi connectivity index (χ1n) is 11.6. The van der Waals surface area contributed by atoms with Crippen LogP contribution in [0, 0.1) is 28.9 Å². The lowest BCUT2D eigenvalue weighted by Gasteiger charge is -2.37. The molecule has 1 fully saturated rings. The molecule has 8 heteroatoms. The van der Waals surface area contributed by atoms with Crippen LogP contribution < -0.4 is 5.32 Å². The fourth-order valence-electron chi connectivity index (χ4n) is 4.07. The maximum absolute atomic E-state index is 13.5. The van der Waals surface area contributed by atoms with E-state index in [0.717, 1.165) is 17.7 Å². The zero-order valence-corrected chi connectivity index (χ0v) is 20.2. The van der Waals surface area contributed by atoms with Crippen molar-refractivity contribution in [2.75, 3.05) is 13.2 Å². The number of amides is 1. The second-order valence-corrected chi connectivity index (χ2v) is 9.80. The molecule has 186 valence electrons. The number of hydrogen-bond acceptors (Lipinski definition) is 5.